The molecule has 8 nitrogen and oxygen atoms in total. The van der Waals surface area contributed by atoms with Crippen molar-refractivity contribution in [2.45, 2.75) is 32.9 Å². The van der Waals surface area contributed by atoms with Crippen LogP contribution in [0.4, 0.5) is 0 Å². The minimum Gasteiger partial charge on any atom is -0.493 e. The summed E-state index contributed by atoms with van der Waals surface area (Å²) in [6.45, 7) is 2.90. The Hall–Kier alpha value is -4.46. The largest absolute Gasteiger partial charge is 0.493 e. The topological polar surface area (TPSA) is 94.8 Å². The monoisotopic (exact) mass is 484 g/mol. The molecule has 4 aromatic rings. The van der Waals surface area contributed by atoms with Crippen molar-refractivity contribution in [1.29, 1.82) is 0 Å². The van der Waals surface area contributed by atoms with Crippen LogP contribution in [0.1, 0.15) is 41.4 Å². The SMILES string of the molecule is CCCCn1nc(C(=O)N/N=C/c2ccc(OCc3ccccc3)c(OC)c2)c2ccccc2c1=O. The average Bonchev–Trinajstić information content (AvgIpc) is 2.92. The zero-order valence-electron chi connectivity index (χ0n) is 20.3. The van der Waals surface area contributed by atoms with Gasteiger partial charge < -0.3 is 9.47 Å². The van der Waals surface area contributed by atoms with Crippen LogP contribution in [0.5, 0.6) is 11.5 Å². The number of aromatic nitrogens is 2. The third-order valence-corrected chi connectivity index (χ3v) is 5.61. The smallest absolute Gasteiger partial charge is 0.292 e. The highest BCUT2D eigenvalue weighted by Gasteiger charge is 2.16. The Labute approximate surface area is 209 Å². The number of benzene rings is 3. The number of carbonyl (C=O) groups is 1. The predicted molar refractivity (Wildman–Crippen MR) is 140 cm³/mol. The van der Waals surface area contributed by atoms with Crippen molar-refractivity contribution in [3.8, 4) is 11.5 Å². The Bertz CT molecular complexity index is 1430. The molecule has 0 aliphatic carbocycles. The van der Waals surface area contributed by atoms with Crippen molar-refractivity contribution >= 4 is 22.9 Å². The Morgan fingerprint density at radius 3 is 2.53 bits per heavy atom. The number of hydrazone groups is 1. The molecule has 0 aliphatic heterocycles. The molecule has 0 saturated heterocycles. The quantitative estimate of drug-likeness (QED) is 0.263. The summed E-state index contributed by atoms with van der Waals surface area (Å²) in [4.78, 5) is 25.7. The number of carbonyl (C=O) groups excluding carboxylic acids is 1. The van der Waals surface area contributed by atoms with Gasteiger partial charge in [0.05, 0.1) is 18.7 Å². The van der Waals surface area contributed by atoms with E-state index in [1.54, 1.807) is 43.5 Å². The minimum absolute atomic E-state index is 0.153. The van der Waals surface area contributed by atoms with Crippen LogP contribution in [0.15, 0.2) is 82.7 Å². The minimum atomic E-state index is -0.498. The van der Waals surface area contributed by atoms with Gasteiger partial charge in [0.15, 0.2) is 17.2 Å². The van der Waals surface area contributed by atoms with Gasteiger partial charge in [-0.3, -0.25) is 9.59 Å². The first kappa shape index (κ1) is 24.7. The summed E-state index contributed by atoms with van der Waals surface area (Å²) in [6, 6.07) is 22.2. The standard InChI is InChI=1S/C28H28N4O4/c1-3-4-16-32-28(34)23-13-9-8-12-22(23)26(31-32)27(33)30-29-18-21-14-15-24(25(17-21)35-2)36-19-20-10-6-5-7-11-20/h5-15,17-18H,3-4,16,19H2,1-2H3,(H,30,33)/b29-18+. The number of aryl methyl sites for hydroxylation is 1. The number of amides is 1. The van der Waals surface area contributed by atoms with Gasteiger partial charge in [-0.05, 0) is 41.8 Å². The van der Waals surface area contributed by atoms with E-state index in [9.17, 15) is 9.59 Å². The molecule has 0 fully saturated rings. The first-order chi connectivity index (χ1) is 17.6. The molecule has 1 amide bonds. The Balaban J connectivity index is 1.49. The molecule has 0 spiro atoms. The van der Waals surface area contributed by atoms with E-state index in [2.05, 4.69) is 15.6 Å². The molecule has 0 bridgehead atoms. The van der Waals surface area contributed by atoms with Gasteiger partial charge in [-0.2, -0.15) is 10.2 Å². The van der Waals surface area contributed by atoms with Gasteiger partial charge in [0, 0.05) is 11.9 Å². The van der Waals surface area contributed by atoms with Gasteiger partial charge in [-0.15, -0.1) is 0 Å². The van der Waals surface area contributed by atoms with Gasteiger partial charge in [-0.1, -0.05) is 61.9 Å². The molecule has 0 unspecified atom stereocenters. The fraction of sp³-hybridized carbons (Fsp3) is 0.214. The van der Waals surface area contributed by atoms with E-state index in [0.29, 0.717) is 41.0 Å². The second-order valence-corrected chi connectivity index (χ2v) is 8.16. The molecule has 0 atom stereocenters. The maximum Gasteiger partial charge on any atom is 0.292 e. The number of hydrogen-bond donors (Lipinski definition) is 1. The van der Waals surface area contributed by atoms with Crippen LogP contribution in [-0.2, 0) is 13.2 Å². The van der Waals surface area contributed by atoms with E-state index in [-0.39, 0.29) is 11.3 Å². The lowest BCUT2D eigenvalue weighted by Gasteiger charge is -2.11. The lowest BCUT2D eigenvalue weighted by Crippen LogP contribution is -2.29. The second-order valence-electron chi connectivity index (χ2n) is 8.16. The first-order valence-electron chi connectivity index (χ1n) is 11.8. The summed E-state index contributed by atoms with van der Waals surface area (Å²) in [5.41, 5.74) is 4.23. The van der Waals surface area contributed by atoms with Crippen LogP contribution >= 0.6 is 0 Å². The van der Waals surface area contributed by atoms with Crippen molar-refractivity contribution in [3.63, 3.8) is 0 Å². The Morgan fingerprint density at radius 2 is 1.78 bits per heavy atom. The highest BCUT2D eigenvalue weighted by molar-refractivity contribution is 6.05. The number of nitrogens with one attached hydrogen (secondary N) is 1. The number of hydrogen-bond acceptors (Lipinski definition) is 6. The summed E-state index contributed by atoms with van der Waals surface area (Å²) in [6.07, 6.45) is 3.21. The average molecular weight is 485 g/mol. The highest BCUT2D eigenvalue weighted by atomic mass is 16.5. The van der Waals surface area contributed by atoms with E-state index in [4.69, 9.17) is 9.47 Å². The van der Waals surface area contributed by atoms with E-state index in [0.717, 1.165) is 18.4 Å². The summed E-state index contributed by atoms with van der Waals surface area (Å²) in [5.74, 6) is 0.659. The van der Waals surface area contributed by atoms with Crippen molar-refractivity contribution in [2.24, 2.45) is 5.10 Å². The number of unbranched alkanes of at least 4 members (excludes halogenated alkanes) is 1. The zero-order valence-corrected chi connectivity index (χ0v) is 20.3. The van der Waals surface area contributed by atoms with Crippen molar-refractivity contribution in [2.75, 3.05) is 7.11 Å². The van der Waals surface area contributed by atoms with E-state index < -0.39 is 5.91 Å². The number of methoxy groups -OCH3 is 1. The molecule has 0 saturated carbocycles. The number of nitrogens with zero attached hydrogens (tertiary/aromatic N) is 3. The van der Waals surface area contributed by atoms with Crippen molar-refractivity contribution in [3.05, 3.63) is 100.0 Å². The van der Waals surface area contributed by atoms with E-state index >= 15 is 0 Å². The first-order valence-corrected chi connectivity index (χ1v) is 11.8. The summed E-state index contributed by atoms with van der Waals surface area (Å²) < 4.78 is 12.7. The van der Waals surface area contributed by atoms with Gasteiger partial charge >= 0.3 is 0 Å². The van der Waals surface area contributed by atoms with E-state index in [1.807, 2.05) is 43.3 Å². The molecule has 0 radical (unpaired) electrons. The van der Waals surface area contributed by atoms with Gasteiger partial charge in [0.2, 0.25) is 0 Å². The normalized spacial score (nSPS) is 11.1. The van der Waals surface area contributed by atoms with Crippen LogP contribution in [0, 0.1) is 0 Å². The van der Waals surface area contributed by atoms with Crippen LogP contribution in [-0.4, -0.2) is 29.0 Å². The molecular formula is C28H28N4O4. The Kier molecular flexibility index (Phi) is 8.08. The van der Waals surface area contributed by atoms with Crippen molar-refractivity contribution in [1.82, 2.24) is 15.2 Å². The third kappa shape index (κ3) is 5.78. The maximum atomic E-state index is 12.9. The lowest BCUT2D eigenvalue weighted by molar-refractivity contribution is 0.0949. The lowest BCUT2D eigenvalue weighted by atomic mass is 10.1. The van der Waals surface area contributed by atoms with Crippen LogP contribution < -0.4 is 20.5 Å². The highest BCUT2D eigenvalue weighted by Crippen LogP contribution is 2.28. The molecule has 36 heavy (non-hydrogen) atoms. The molecule has 1 N–H and O–H groups in total. The molecule has 4 rings (SSSR count). The molecule has 8 heteroatoms. The Morgan fingerprint density at radius 1 is 1.03 bits per heavy atom. The van der Waals surface area contributed by atoms with E-state index in [1.165, 1.54) is 10.9 Å². The molecule has 1 aromatic heterocycles. The molecule has 184 valence electrons. The molecule has 1 heterocycles. The number of rotatable bonds is 10. The third-order valence-electron chi connectivity index (χ3n) is 5.61. The summed E-state index contributed by atoms with van der Waals surface area (Å²) >= 11 is 0. The van der Waals surface area contributed by atoms with Crippen molar-refractivity contribution < 1.29 is 14.3 Å². The van der Waals surface area contributed by atoms with Gasteiger partial charge in [-0.25, -0.2) is 10.1 Å². The second kappa shape index (κ2) is 11.8. The molecule has 3 aromatic carbocycles. The summed E-state index contributed by atoms with van der Waals surface area (Å²) in [5, 5.41) is 9.36. The van der Waals surface area contributed by atoms with Crippen LogP contribution in [0.3, 0.4) is 0 Å². The van der Waals surface area contributed by atoms with Gasteiger partial charge in [0.1, 0.15) is 6.61 Å². The predicted octanol–water partition coefficient (Wildman–Crippen LogP) is 4.55. The molecular weight excluding hydrogens is 456 g/mol. The number of ether oxygens (including phenoxy) is 2. The fourth-order valence-corrected chi connectivity index (χ4v) is 3.70. The number of fused-ring (bicyclic) bond motifs is 1. The maximum absolute atomic E-state index is 12.9. The van der Waals surface area contributed by atoms with Crippen LogP contribution in [0.25, 0.3) is 10.8 Å². The summed E-state index contributed by atoms with van der Waals surface area (Å²) in [7, 11) is 1.57. The van der Waals surface area contributed by atoms with Crippen LogP contribution in [0.2, 0.25) is 0 Å². The fourth-order valence-electron chi connectivity index (χ4n) is 3.70. The zero-order chi connectivity index (χ0) is 25.3. The van der Waals surface area contributed by atoms with Gasteiger partial charge in [0.25, 0.3) is 11.5 Å². The molecule has 0 aliphatic rings.